The van der Waals surface area contributed by atoms with E-state index in [1.807, 2.05) is 38.4 Å². The highest BCUT2D eigenvalue weighted by atomic mass is 32.1. The zero-order valence-corrected chi connectivity index (χ0v) is 15.3. The van der Waals surface area contributed by atoms with Crippen LogP contribution >= 0.6 is 11.3 Å². The molecule has 0 aliphatic heterocycles. The number of benzene rings is 1. The molecule has 1 aromatic carbocycles. The van der Waals surface area contributed by atoms with Crippen LogP contribution in [0.3, 0.4) is 0 Å². The van der Waals surface area contributed by atoms with Crippen LogP contribution in [0.25, 0.3) is 0 Å². The molecule has 2 rings (SSSR count). The minimum Gasteiger partial charge on any atom is -0.497 e. The summed E-state index contributed by atoms with van der Waals surface area (Å²) in [6, 6.07) is 9.82. The monoisotopic (exact) mass is 348 g/mol. The average molecular weight is 348 g/mol. The zero-order chi connectivity index (χ0) is 17.5. The van der Waals surface area contributed by atoms with Gasteiger partial charge in [-0.3, -0.25) is 4.99 Å². The number of nitrogens with one attached hydrogen (secondary N) is 1. The van der Waals surface area contributed by atoms with Gasteiger partial charge >= 0.3 is 0 Å². The van der Waals surface area contributed by atoms with Crippen LogP contribution in [-0.2, 0) is 0 Å². The van der Waals surface area contributed by atoms with E-state index < -0.39 is 0 Å². The molecule has 0 saturated carbocycles. The Kier molecular flexibility index (Phi) is 6.45. The summed E-state index contributed by atoms with van der Waals surface area (Å²) in [5, 5.41) is 5.15. The molecule has 1 unspecified atom stereocenters. The third-order valence-electron chi connectivity index (χ3n) is 3.60. The fourth-order valence-electron chi connectivity index (χ4n) is 2.26. The van der Waals surface area contributed by atoms with Gasteiger partial charge in [-0.2, -0.15) is 0 Å². The van der Waals surface area contributed by atoms with Crippen molar-refractivity contribution in [3.63, 3.8) is 0 Å². The van der Waals surface area contributed by atoms with Crippen LogP contribution in [0.1, 0.15) is 10.9 Å². The maximum Gasteiger partial charge on any atom is 0.193 e. The maximum absolute atomic E-state index is 6.05. The molecule has 3 N–H and O–H groups in total. The van der Waals surface area contributed by atoms with Gasteiger partial charge in [0, 0.05) is 10.9 Å². The standard InChI is InChI=1S/C17H24N4O2S/c1-21(2)14(16-6-5-9-24-16)11-19-17(18)20-13-10-12(22-3)7-8-15(13)23-4/h5-10,14H,11H2,1-4H3,(H3,18,19,20). The van der Waals surface area contributed by atoms with Crippen molar-refractivity contribution in [2.45, 2.75) is 6.04 Å². The molecule has 0 saturated heterocycles. The highest BCUT2D eigenvalue weighted by molar-refractivity contribution is 7.10. The third kappa shape index (κ3) is 4.62. The van der Waals surface area contributed by atoms with Crippen LogP contribution in [0.5, 0.6) is 11.5 Å². The summed E-state index contributed by atoms with van der Waals surface area (Å²) in [5.41, 5.74) is 6.77. The van der Waals surface area contributed by atoms with E-state index in [2.05, 4.69) is 26.7 Å². The van der Waals surface area contributed by atoms with Gasteiger partial charge in [-0.15, -0.1) is 11.3 Å². The topological polar surface area (TPSA) is 72.1 Å². The van der Waals surface area contributed by atoms with Gasteiger partial charge in [-0.25, -0.2) is 0 Å². The minimum atomic E-state index is 0.192. The minimum absolute atomic E-state index is 0.192. The van der Waals surface area contributed by atoms with Crippen LogP contribution in [0.15, 0.2) is 40.7 Å². The van der Waals surface area contributed by atoms with E-state index >= 15 is 0 Å². The van der Waals surface area contributed by atoms with E-state index in [4.69, 9.17) is 15.2 Å². The van der Waals surface area contributed by atoms with Crippen molar-refractivity contribution in [1.82, 2.24) is 4.90 Å². The van der Waals surface area contributed by atoms with Crippen molar-refractivity contribution in [3.05, 3.63) is 40.6 Å². The number of guanidine groups is 1. The molecule has 0 bridgehead atoms. The first-order valence-corrected chi connectivity index (χ1v) is 8.42. The van der Waals surface area contributed by atoms with Crippen molar-refractivity contribution in [1.29, 1.82) is 0 Å². The molecular formula is C17H24N4O2S. The van der Waals surface area contributed by atoms with Crippen molar-refractivity contribution in [3.8, 4) is 11.5 Å². The number of likely N-dealkylation sites (N-methyl/N-ethyl adjacent to an activating group) is 1. The molecule has 7 heteroatoms. The maximum atomic E-state index is 6.05. The molecule has 0 aliphatic rings. The third-order valence-corrected chi connectivity index (χ3v) is 4.57. The van der Waals surface area contributed by atoms with Crippen LogP contribution in [-0.4, -0.2) is 45.7 Å². The molecule has 0 fully saturated rings. The quantitative estimate of drug-likeness (QED) is 0.595. The van der Waals surface area contributed by atoms with E-state index in [-0.39, 0.29) is 6.04 Å². The molecule has 1 heterocycles. The number of nitrogens with zero attached hydrogens (tertiary/aromatic N) is 2. The Balaban J connectivity index is 2.11. The lowest BCUT2D eigenvalue weighted by atomic mass is 10.2. The molecule has 6 nitrogen and oxygen atoms in total. The molecule has 1 atom stereocenters. The van der Waals surface area contributed by atoms with E-state index in [0.717, 1.165) is 11.4 Å². The number of hydrogen-bond acceptors (Lipinski definition) is 5. The normalized spacial score (nSPS) is 13.0. The van der Waals surface area contributed by atoms with Crippen molar-refractivity contribution in [2.75, 3.05) is 40.2 Å². The van der Waals surface area contributed by atoms with Crippen LogP contribution in [0.2, 0.25) is 0 Å². The predicted octanol–water partition coefficient (Wildman–Crippen LogP) is 2.79. The van der Waals surface area contributed by atoms with E-state index in [1.165, 1.54) is 4.88 Å². The smallest absolute Gasteiger partial charge is 0.193 e. The second-order valence-electron chi connectivity index (χ2n) is 5.41. The molecule has 0 spiro atoms. The number of ether oxygens (including phenoxy) is 2. The molecule has 2 aromatic rings. The van der Waals surface area contributed by atoms with Gasteiger partial charge in [0.15, 0.2) is 5.96 Å². The molecule has 0 aliphatic carbocycles. The summed E-state index contributed by atoms with van der Waals surface area (Å²) in [4.78, 5) is 7.87. The second kappa shape index (κ2) is 8.56. The zero-order valence-electron chi connectivity index (χ0n) is 14.4. The molecule has 1 aromatic heterocycles. The van der Waals surface area contributed by atoms with Crippen molar-refractivity contribution < 1.29 is 9.47 Å². The first-order valence-electron chi connectivity index (χ1n) is 7.54. The number of rotatable bonds is 7. The van der Waals surface area contributed by atoms with Crippen LogP contribution < -0.4 is 20.5 Å². The SMILES string of the molecule is COc1ccc(OC)c(NC(N)=NCC(c2cccs2)N(C)C)c1. The Bertz CT molecular complexity index is 671. The lowest BCUT2D eigenvalue weighted by molar-refractivity contribution is 0.311. The number of methoxy groups -OCH3 is 2. The Labute approximate surface area is 146 Å². The summed E-state index contributed by atoms with van der Waals surface area (Å²) >= 11 is 1.72. The first kappa shape index (κ1) is 18.1. The summed E-state index contributed by atoms with van der Waals surface area (Å²) in [5.74, 6) is 1.73. The predicted molar refractivity (Wildman–Crippen MR) is 100 cm³/mol. The van der Waals surface area contributed by atoms with Gasteiger partial charge in [0.2, 0.25) is 0 Å². The van der Waals surface area contributed by atoms with Gasteiger partial charge < -0.3 is 25.4 Å². The number of anilines is 1. The Hall–Kier alpha value is -2.25. The van der Waals surface area contributed by atoms with Gasteiger partial charge in [0.05, 0.1) is 32.5 Å². The average Bonchev–Trinajstić information content (AvgIpc) is 3.08. The van der Waals surface area contributed by atoms with E-state index in [1.54, 1.807) is 25.6 Å². The number of nitrogens with two attached hydrogens (primary N) is 1. The fourth-order valence-corrected chi connectivity index (χ4v) is 3.18. The Morgan fingerprint density at radius 3 is 2.67 bits per heavy atom. The van der Waals surface area contributed by atoms with Gasteiger partial charge in [-0.05, 0) is 37.7 Å². The highest BCUT2D eigenvalue weighted by Gasteiger charge is 2.15. The van der Waals surface area contributed by atoms with Crippen LogP contribution in [0.4, 0.5) is 5.69 Å². The molecule has 0 radical (unpaired) electrons. The van der Waals surface area contributed by atoms with Gasteiger partial charge in [-0.1, -0.05) is 6.07 Å². The Morgan fingerprint density at radius 1 is 1.29 bits per heavy atom. The lowest BCUT2D eigenvalue weighted by Gasteiger charge is -2.21. The highest BCUT2D eigenvalue weighted by Crippen LogP contribution is 2.29. The summed E-state index contributed by atoms with van der Waals surface area (Å²) in [7, 11) is 7.30. The van der Waals surface area contributed by atoms with Gasteiger partial charge in [0.1, 0.15) is 11.5 Å². The largest absolute Gasteiger partial charge is 0.497 e. The van der Waals surface area contributed by atoms with Crippen molar-refractivity contribution in [2.24, 2.45) is 10.7 Å². The summed E-state index contributed by atoms with van der Waals surface area (Å²) in [6.07, 6.45) is 0. The lowest BCUT2D eigenvalue weighted by Crippen LogP contribution is -2.27. The van der Waals surface area contributed by atoms with E-state index in [9.17, 15) is 0 Å². The van der Waals surface area contributed by atoms with Gasteiger partial charge in [0.25, 0.3) is 0 Å². The van der Waals surface area contributed by atoms with Crippen molar-refractivity contribution >= 4 is 23.0 Å². The fraction of sp³-hybridized carbons (Fsp3) is 0.353. The molecular weight excluding hydrogens is 324 g/mol. The molecule has 130 valence electrons. The Morgan fingerprint density at radius 2 is 2.08 bits per heavy atom. The number of thiophene rings is 1. The first-order chi connectivity index (χ1) is 11.5. The number of hydrogen-bond donors (Lipinski definition) is 2. The second-order valence-corrected chi connectivity index (χ2v) is 6.39. The molecule has 24 heavy (non-hydrogen) atoms. The summed E-state index contributed by atoms with van der Waals surface area (Å²) < 4.78 is 10.6. The molecule has 0 amide bonds. The summed E-state index contributed by atoms with van der Waals surface area (Å²) in [6.45, 7) is 0.568. The number of aliphatic imine (C=N–C) groups is 1. The van der Waals surface area contributed by atoms with Crippen LogP contribution in [0, 0.1) is 0 Å². The van der Waals surface area contributed by atoms with E-state index in [0.29, 0.717) is 18.3 Å².